The van der Waals surface area contributed by atoms with Gasteiger partial charge in [-0.25, -0.2) is 0 Å². The predicted octanol–water partition coefficient (Wildman–Crippen LogP) is 8.81. The molecule has 2 aromatic carbocycles. The molecule has 1 saturated heterocycles. The second kappa shape index (κ2) is 11.7. The van der Waals surface area contributed by atoms with Crippen molar-refractivity contribution in [1.82, 2.24) is 9.80 Å². The lowest BCUT2D eigenvalue weighted by Gasteiger charge is -2.37. The number of hydrogen-bond acceptors (Lipinski definition) is 4. The molecule has 0 atom stereocenters. The lowest BCUT2D eigenvalue weighted by Crippen LogP contribution is -2.44. The molecule has 2 aromatic rings. The van der Waals surface area contributed by atoms with Gasteiger partial charge in [-0.3, -0.25) is 9.80 Å². The Morgan fingerprint density at radius 1 is 0.600 bits per heavy atom. The third kappa shape index (κ3) is 8.49. The Morgan fingerprint density at radius 2 is 0.950 bits per heavy atom. The van der Waals surface area contributed by atoms with Gasteiger partial charge in [-0.2, -0.15) is 0 Å². The lowest BCUT2D eigenvalue weighted by molar-refractivity contribution is 0.0733. The summed E-state index contributed by atoms with van der Waals surface area (Å²) in [6, 6.07) is 8.65. The smallest absolute Gasteiger partial charge is 0.123 e. The van der Waals surface area contributed by atoms with Gasteiger partial charge in [0.05, 0.1) is 6.67 Å². The van der Waals surface area contributed by atoms with E-state index >= 15 is 0 Å². The van der Waals surface area contributed by atoms with E-state index in [0.29, 0.717) is 11.5 Å². The number of aryl methyl sites for hydroxylation is 2. The summed E-state index contributed by atoms with van der Waals surface area (Å²) in [5, 5.41) is 22.9. The van der Waals surface area contributed by atoms with Crippen molar-refractivity contribution in [3.05, 3.63) is 57.6 Å². The molecule has 1 heterocycles. The summed E-state index contributed by atoms with van der Waals surface area (Å²) in [6.45, 7) is 31.2. The molecular weight excluding hydrogens is 492 g/mol. The van der Waals surface area contributed by atoms with Crippen LogP contribution in [-0.2, 0) is 23.9 Å². The van der Waals surface area contributed by atoms with Crippen LogP contribution >= 0.6 is 0 Å². The van der Waals surface area contributed by atoms with Gasteiger partial charge in [0.15, 0.2) is 0 Å². The Balaban J connectivity index is 1.81. The van der Waals surface area contributed by atoms with Crippen molar-refractivity contribution in [2.75, 3.05) is 19.8 Å². The summed E-state index contributed by atoms with van der Waals surface area (Å²) in [7, 11) is 0. The molecule has 0 amide bonds. The highest BCUT2D eigenvalue weighted by atomic mass is 16.3. The topological polar surface area (TPSA) is 46.9 Å². The van der Waals surface area contributed by atoms with E-state index < -0.39 is 0 Å². The van der Waals surface area contributed by atoms with Gasteiger partial charge >= 0.3 is 0 Å². The summed E-state index contributed by atoms with van der Waals surface area (Å²) >= 11 is 0. The number of benzene rings is 2. The molecule has 3 rings (SSSR count). The first-order chi connectivity index (χ1) is 18.2. The normalized spacial score (nSPS) is 16.5. The quantitative estimate of drug-likeness (QED) is 0.345. The number of phenolic OH excluding ortho intramolecular Hbond substituents is 2. The van der Waals surface area contributed by atoms with Crippen molar-refractivity contribution in [3.8, 4) is 11.5 Å². The first-order valence-corrected chi connectivity index (χ1v) is 15.3. The number of nitrogens with zero attached hydrogens (tertiary/aromatic N) is 2. The van der Waals surface area contributed by atoms with Crippen LogP contribution in [0.3, 0.4) is 0 Å². The standard InChI is InChI=1S/C36H58N2O2/c1-25-16-27(31(39)29(18-25)35(9,10)22-33(3,4)5)20-37-14-13-15-38(24-37)21-28-17-26(2)19-30(32(28)40)36(11,12)23-34(6,7)8/h16-19,39-40H,13-15,20-24H2,1-12H3. The molecule has 224 valence electrons. The molecular formula is C36H58N2O2. The fraction of sp³-hybridized carbons (Fsp3) is 0.667. The minimum absolute atomic E-state index is 0.113. The molecule has 0 saturated carbocycles. The lowest BCUT2D eigenvalue weighted by atomic mass is 9.71. The van der Waals surface area contributed by atoms with Gasteiger partial charge in [0, 0.05) is 48.4 Å². The van der Waals surface area contributed by atoms with Crippen molar-refractivity contribution >= 4 is 0 Å². The van der Waals surface area contributed by atoms with E-state index in [-0.39, 0.29) is 21.7 Å². The molecule has 1 aliphatic rings. The molecule has 40 heavy (non-hydrogen) atoms. The Hall–Kier alpha value is -2.04. The van der Waals surface area contributed by atoms with Crippen molar-refractivity contribution in [2.24, 2.45) is 10.8 Å². The molecule has 1 aliphatic heterocycles. The Morgan fingerprint density at radius 3 is 1.27 bits per heavy atom. The number of hydrogen-bond donors (Lipinski definition) is 2. The van der Waals surface area contributed by atoms with E-state index in [2.05, 4.69) is 117 Å². The van der Waals surface area contributed by atoms with E-state index in [0.717, 1.165) is 74.4 Å². The molecule has 0 bridgehead atoms. The zero-order valence-electron chi connectivity index (χ0n) is 27.8. The summed E-state index contributed by atoms with van der Waals surface area (Å²) in [5.74, 6) is 0.915. The third-order valence-electron chi connectivity index (χ3n) is 8.21. The second-order valence-corrected chi connectivity index (χ2v) is 16.5. The van der Waals surface area contributed by atoms with Crippen LogP contribution in [0.15, 0.2) is 24.3 Å². The fourth-order valence-electron chi connectivity index (χ4n) is 7.50. The van der Waals surface area contributed by atoms with Crippen LogP contribution in [0, 0.1) is 24.7 Å². The minimum atomic E-state index is -0.113. The van der Waals surface area contributed by atoms with Gasteiger partial charge in [0.25, 0.3) is 0 Å². The Kier molecular flexibility index (Phi) is 9.48. The van der Waals surface area contributed by atoms with E-state index in [9.17, 15) is 10.2 Å². The van der Waals surface area contributed by atoms with Crippen molar-refractivity contribution in [1.29, 1.82) is 0 Å². The highest BCUT2D eigenvalue weighted by Gasteiger charge is 2.33. The highest BCUT2D eigenvalue weighted by Crippen LogP contribution is 2.43. The summed E-state index contributed by atoms with van der Waals surface area (Å²) in [5.41, 5.74) is 6.68. The van der Waals surface area contributed by atoms with Gasteiger partial charge in [0.2, 0.25) is 0 Å². The van der Waals surface area contributed by atoms with Crippen molar-refractivity contribution in [3.63, 3.8) is 0 Å². The predicted molar refractivity (Wildman–Crippen MR) is 170 cm³/mol. The average Bonchev–Trinajstić information content (AvgIpc) is 2.75. The summed E-state index contributed by atoms with van der Waals surface area (Å²) in [4.78, 5) is 4.88. The van der Waals surface area contributed by atoms with Gasteiger partial charge in [0.1, 0.15) is 11.5 Å². The molecule has 0 spiro atoms. The second-order valence-electron chi connectivity index (χ2n) is 16.5. The SMILES string of the molecule is Cc1cc(CN2CCCN(Cc3cc(C)cc(C(C)(C)CC(C)(C)C)c3O)C2)c(O)c(C(C)(C)CC(C)(C)C)c1. The third-order valence-corrected chi connectivity index (χ3v) is 8.21. The van der Waals surface area contributed by atoms with Crippen LogP contribution < -0.4 is 0 Å². The van der Waals surface area contributed by atoms with Crippen LogP contribution in [0.2, 0.25) is 0 Å². The first kappa shape index (κ1) is 32.5. The molecule has 1 fully saturated rings. The zero-order chi connectivity index (χ0) is 30.3. The first-order valence-electron chi connectivity index (χ1n) is 15.3. The highest BCUT2D eigenvalue weighted by molar-refractivity contribution is 5.48. The summed E-state index contributed by atoms with van der Waals surface area (Å²) < 4.78 is 0. The molecule has 4 heteroatoms. The van der Waals surface area contributed by atoms with Crippen molar-refractivity contribution in [2.45, 2.75) is 126 Å². The summed E-state index contributed by atoms with van der Waals surface area (Å²) in [6.07, 6.45) is 3.08. The van der Waals surface area contributed by atoms with Gasteiger partial charge in [-0.05, 0) is 54.8 Å². The van der Waals surface area contributed by atoms with E-state index in [4.69, 9.17) is 0 Å². The number of aromatic hydroxyl groups is 2. The fourth-order valence-corrected chi connectivity index (χ4v) is 7.50. The van der Waals surface area contributed by atoms with Crippen LogP contribution in [0.4, 0.5) is 0 Å². The maximum Gasteiger partial charge on any atom is 0.123 e. The average molecular weight is 551 g/mol. The molecule has 0 unspecified atom stereocenters. The molecule has 2 N–H and O–H groups in total. The Bertz CT molecular complexity index is 1090. The number of phenols is 2. The van der Waals surface area contributed by atoms with Crippen LogP contribution in [0.5, 0.6) is 11.5 Å². The van der Waals surface area contributed by atoms with E-state index in [1.807, 2.05) is 0 Å². The zero-order valence-corrected chi connectivity index (χ0v) is 27.8. The van der Waals surface area contributed by atoms with Gasteiger partial charge < -0.3 is 10.2 Å². The molecule has 0 radical (unpaired) electrons. The van der Waals surface area contributed by atoms with Crippen LogP contribution in [0.25, 0.3) is 0 Å². The molecule has 4 nitrogen and oxygen atoms in total. The molecule has 0 aromatic heterocycles. The monoisotopic (exact) mass is 550 g/mol. The van der Waals surface area contributed by atoms with Crippen LogP contribution in [0.1, 0.15) is 122 Å². The largest absolute Gasteiger partial charge is 0.507 e. The van der Waals surface area contributed by atoms with Gasteiger partial charge in [-0.1, -0.05) is 105 Å². The van der Waals surface area contributed by atoms with Gasteiger partial charge in [-0.15, -0.1) is 0 Å². The van der Waals surface area contributed by atoms with E-state index in [1.54, 1.807) is 0 Å². The van der Waals surface area contributed by atoms with Crippen molar-refractivity contribution < 1.29 is 10.2 Å². The van der Waals surface area contributed by atoms with E-state index in [1.165, 1.54) is 11.1 Å². The Labute approximate surface area is 245 Å². The number of rotatable bonds is 8. The minimum Gasteiger partial charge on any atom is -0.507 e. The maximum atomic E-state index is 11.5. The molecule has 0 aliphatic carbocycles. The van der Waals surface area contributed by atoms with Crippen LogP contribution in [-0.4, -0.2) is 39.8 Å². The maximum absolute atomic E-state index is 11.5.